The molecule has 0 spiro atoms. The molecule has 3 rings (SSSR count). The van der Waals surface area contributed by atoms with Gasteiger partial charge in [0.15, 0.2) is 0 Å². The van der Waals surface area contributed by atoms with Crippen molar-refractivity contribution in [1.29, 1.82) is 0 Å². The Bertz CT molecular complexity index is 889. The van der Waals surface area contributed by atoms with Gasteiger partial charge in [-0.15, -0.1) is 0 Å². The van der Waals surface area contributed by atoms with Crippen LogP contribution in [-0.2, 0) is 19.3 Å². The SMILES string of the molecule is CCCc1c(CCCCNO)ccc(C(Cc2ccccc2)c2ccccc2)c1C. The van der Waals surface area contributed by atoms with Gasteiger partial charge in [-0.25, -0.2) is 5.48 Å². The fraction of sp³-hybridized carbons (Fsp3) is 0.357. The van der Waals surface area contributed by atoms with Crippen molar-refractivity contribution in [2.24, 2.45) is 0 Å². The number of rotatable bonds is 11. The molecule has 2 heteroatoms. The van der Waals surface area contributed by atoms with Crippen molar-refractivity contribution < 1.29 is 5.21 Å². The van der Waals surface area contributed by atoms with E-state index < -0.39 is 0 Å². The summed E-state index contributed by atoms with van der Waals surface area (Å²) in [5, 5.41) is 8.82. The lowest BCUT2D eigenvalue weighted by molar-refractivity contribution is 0.165. The van der Waals surface area contributed by atoms with E-state index in [0.29, 0.717) is 12.5 Å². The summed E-state index contributed by atoms with van der Waals surface area (Å²) in [5.41, 5.74) is 10.9. The lowest BCUT2D eigenvalue weighted by atomic mass is 9.80. The Kier molecular flexibility index (Phi) is 8.67. The number of unbranched alkanes of at least 4 members (excludes halogenated alkanes) is 1. The second-order valence-corrected chi connectivity index (χ2v) is 8.19. The van der Waals surface area contributed by atoms with Crippen LogP contribution < -0.4 is 5.48 Å². The first-order chi connectivity index (χ1) is 14.7. The van der Waals surface area contributed by atoms with Crippen LogP contribution >= 0.6 is 0 Å². The molecule has 3 aromatic carbocycles. The maximum Gasteiger partial charge on any atom is 0.0207 e. The molecule has 0 heterocycles. The Labute approximate surface area is 181 Å². The van der Waals surface area contributed by atoms with Crippen LogP contribution in [0.5, 0.6) is 0 Å². The fourth-order valence-electron chi connectivity index (χ4n) is 4.50. The average molecular weight is 402 g/mol. The monoisotopic (exact) mass is 401 g/mol. The van der Waals surface area contributed by atoms with Crippen molar-refractivity contribution in [2.75, 3.05) is 6.54 Å². The summed E-state index contributed by atoms with van der Waals surface area (Å²) >= 11 is 0. The fourth-order valence-corrected chi connectivity index (χ4v) is 4.50. The third kappa shape index (κ3) is 5.81. The van der Waals surface area contributed by atoms with E-state index in [9.17, 15) is 0 Å². The van der Waals surface area contributed by atoms with Gasteiger partial charge in [-0.2, -0.15) is 0 Å². The predicted octanol–water partition coefficient (Wildman–Crippen LogP) is 6.62. The second-order valence-electron chi connectivity index (χ2n) is 8.19. The Balaban J connectivity index is 1.97. The largest absolute Gasteiger partial charge is 0.317 e. The molecule has 0 aliphatic heterocycles. The highest BCUT2D eigenvalue weighted by atomic mass is 16.5. The molecule has 30 heavy (non-hydrogen) atoms. The summed E-state index contributed by atoms with van der Waals surface area (Å²) in [6.07, 6.45) is 6.45. The Hall–Kier alpha value is -2.42. The van der Waals surface area contributed by atoms with Crippen LogP contribution in [0.15, 0.2) is 72.8 Å². The van der Waals surface area contributed by atoms with E-state index in [2.05, 4.69) is 92.1 Å². The van der Waals surface area contributed by atoms with Gasteiger partial charge in [0, 0.05) is 12.5 Å². The van der Waals surface area contributed by atoms with Gasteiger partial charge < -0.3 is 5.21 Å². The summed E-state index contributed by atoms with van der Waals surface area (Å²) in [4.78, 5) is 0. The predicted molar refractivity (Wildman–Crippen MR) is 126 cm³/mol. The first kappa shape index (κ1) is 22.3. The van der Waals surface area contributed by atoms with Crippen LogP contribution in [-0.4, -0.2) is 11.8 Å². The van der Waals surface area contributed by atoms with Crippen LogP contribution in [0.25, 0.3) is 0 Å². The van der Waals surface area contributed by atoms with E-state index in [1.54, 1.807) is 0 Å². The van der Waals surface area contributed by atoms with E-state index in [1.165, 1.54) is 33.4 Å². The van der Waals surface area contributed by atoms with Gasteiger partial charge in [-0.3, -0.25) is 0 Å². The van der Waals surface area contributed by atoms with Crippen LogP contribution in [0, 0.1) is 6.92 Å². The number of hydroxylamine groups is 1. The van der Waals surface area contributed by atoms with Crippen molar-refractivity contribution in [2.45, 2.75) is 58.3 Å². The summed E-state index contributed by atoms with van der Waals surface area (Å²) in [5.74, 6) is 0.358. The molecular weight excluding hydrogens is 366 g/mol. The normalized spacial score (nSPS) is 12.1. The molecule has 158 valence electrons. The van der Waals surface area contributed by atoms with Gasteiger partial charge in [-0.1, -0.05) is 86.1 Å². The molecule has 1 unspecified atom stereocenters. The van der Waals surface area contributed by atoms with Gasteiger partial charge in [-0.05, 0) is 72.4 Å². The molecule has 2 nitrogen and oxygen atoms in total. The van der Waals surface area contributed by atoms with Crippen molar-refractivity contribution in [1.82, 2.24) is 5.48 Å². The smallest absolute Gasteiger partial charge is 0.0207 e. The highest BCUT2D eigenvalue weighted by Gasteiger charge is 2.19. The molecular formula is C28H35NO. The van der Waals surface area contributed by atoms with Crippen LogP contribution in [0.2, 0.25) is 0 Å². The summed E-state index contributed by atoms with van der Waals surface area (Å²) in [6.45, 7) is 5.25. The Morgan fingerprint density at radius 2 is 1.53 bits per heavy atom. The first-order valence-electron chi connectivity index (χ1n) is 11.3. The standard InChI is InChI=1S/C28H35NO/c1-3-12-26-22(2)27(19-18-25(26)17-10-11-20-29-30)28(24-15-8-5-9-16-24)21-23-13-6-4-7-14-23/h4-9,13-16,18-19,28-30H,3,10-12,17,20-21H2,1-2H3. The molecule has 0 bridgehead atoms. The van der Waals surface area contributed by atoms with Crippen molar-refractivity contribution >= 4 is 0 Å². The van der Waals surface area contributed by atoms with Crippen LogP contribution in [0.1, 0.15) is 65.5 Å². The molecule has 0 aliphatic rings. The topological polar surface area (TPSA) is 32.3 Å². The zero-order valence-corrected chi connectivity index (χ0v) is 18.4. The number of hydrogen-bond acceptors (Lipinski definition) is 2. The number of hydrogen-bond donors (Lipinski definition) is 2. The molecule has 0 aliphatic carbocycles. The zero-order chi connectivity index (χ0) is 21.2. The molecule has 0 saturated heterocycles. The molecule has 0 fully saturated rings. The third-order valence-electron chi connectivity index (χ3n) is 6.08. The number of benzene rings is 3. The summed E-state index contributed by atoms with van der Waals surface area (Å²) in [7, 11) is 0. The van der Waals surface area contributed by atoms with E-state index in [4.69, 9.17) is 5.21 Å². The van der Waals surface area contributed by atoms with Gasteiger partial charge >= 0.3 is 0 Å². The highest BCUT2D eigenvalue weighted by molar-refractivity contribution is 5.46. The first-order valence-corrected chi connectivity index (χ1v) is 11.3. The van der Waals surface area contributed by atoms with E-state index >= 15 is 0 Å². The van der Waals surface area contributed by atoms with Gasteiger partial charge in [0.25, 0.3) is 0 Å². The van der Waals surface area contributed by atoms with Gasteiger partial charge in [0.05, 0.1) is 0 Å². The summed E-state index contributed by atoms with van der Waals surface area (Å²) in [6, 6.07) is 26.5. The molecule has 0 amide bonds. The quantitative estimate of drug-likeness (QED) is 0.279. The molecule has 2 N–H and O–H groups in total. The lowest BCUT2D eigenvalue weighted by Gasteiger charge is -2.24. The maximum atomic E-state index is 8.82. The van der Waals surface area contributed by atoms with E-state index in [-0.39, 0.29) is 0 Å². The lowest BCUT2D eigenvalue weighted by Crippen LogP contribution is -2.11. The third-order valence-corrected chi connectivity index (χ3v) is 6.08. The minimum absolute atomic E-state index is 0.358. The van der Waals surface area contributed by atoms with E-state index in [1.807, 2.05) is 0 Å². The Morgan fingerprint density at radius 1 is 0.833 bits per heavy atom. The molecule has 0 saturated carbocycles. The minimum Gasteiger partial charge on any atom is -0.317 e. The van der Waals surface area contributed by atoms with Crippen molar-refractivity contribution in [3.63, 3.8) is 0 Å². The molecule has 1 atom stereocenters. The average Bonchev–Trinajstić information content (AvgIpc) is 2.79. The molecule has 0 aromatic heterocycles. The summed E-state index contributed by atoms with van der Waals surface area (Å²) < 4.78 is 0. The van der Waals surface area contributed by atoms with Gasteiger partial charge in [0.1, 0.15) is 0 Å². The van der Waals surface area contributed by atoms with Crippen LogP contribution in [0.3, 0.4) is 0 Å². The second kappa shape index (κ2) is 11.7. The highest BCUT2D eigenvalue weighted by Crippen LogP contribution is 2.34. The molecule has 0 radical (unpaired) electrons. The Morgan fingerprint density at radius 3 is 2.20 bits per heavy atom. The zero-order valence-electron chi connectivity index (χ0n) is 18.4. The van der Waals surface area contributed by atoms with Crippen LogP contribution in [0.4, 0.5) is 0 Å². The molecule has 3 aromatic rings. The number of aryl methyl sites for hydroxylation is 1. The number of nitrogens with one attached hydrogen (secondary N) is 1. The maximum absolute atomic E-state index is 8.82. The van der Waals surface area contributed by atoms with E-state index in [0.717, 1.165) is 38.5 Å². The van der Waals surface area contributed by atoms with Gasteiger partial charge in [0.2, 0.25) is 0 Å². The minimum atomic E-state index is 0.358. The van der Waals surface area contributed by atoms with Crippen molar-refractivity contribution in [3.8, 4) is 0 Å². The van der Waals surface area contributed by atoms with Crippen molar-refractivity contribution in [3.05, 3.63) is 106 Å².